The molecule has 0 aliphatic rings. The van der Waals surface area contributed by atoms with Crippen LogP contribution in [0.3, 0.4) is 0 Å². The summed E-state index contributed by atoms with van der Waals surface area (Å²) in [6.45, 7) is 0. The van der Waals surface area contributed by atoms with Crippen LogP contribution in [-0.4, -0.2) is 5.11 Å². The van der Waals surface area contributed by atoms with Gasteiger partial charge in [0.2, 0.25) is 0 Å². The van der Waals surface area contributed by atoms with Gasteiger partial charge in [-0.1, -0.05) is 34.1 Å². The molecule has 0 aliphatic carbocycles. The first-order valence-electron chi connectivity index (χ1n) is 5.44. The molecule has 0 saturated heterocycles. The first-order valence-corrected chi connectivity index (χ1v) is 6.23. The molecule has 0 radical (unpaired) electrons. The highest BCUT2D eigenvalue weighted by molar-refractivity contribution is 9.10. The second kappa shape index (κ2) is 5.59. The lowest BCUT2D eigenvalue weighted by Crippen LogP contribution is -2.04. The predicted octanol–water partition coefficient (Wildman–Crippen LogP) is 4.00. The van der Waals surface area contributed by atoms with Crippen LogP contribution in [0.4, 0.5) is 8.78 Å². The first kappa shape index (κ1) is 13.2. The number of hydrogen-bond acceptors (Lipinski definition) is 1. The molecule has 94 valence electrons. The van der Waals surface area contributed by atoms with Crippen LogP contribution in [0, 0.1) is 11.6 Å². The maximum Gasteiger partial charge on any atom is 0.129 e. The normalized spacial score (nSPS) is 12.4. The van der Waals surface area contributed by atoms with Crippen LogP contribution >= 0.6 is 15.9 Å². The van der Waals surface area contributed by atoms with E-state index in [4.69, 9.17) is 0 Å². The van der Waals surface area contributed by atoms with Gasteiger partial charge in [0.1, 0.15) is 11.6 Å². The minimum Gasteiger partial charge on any atom is -0.388 e. The van der Waals surface area contributed by atoms with Crippen molar-refractivity contribution in [2.75, 3.05) is 0 Å². The number of rotatable bonds is 3. The van der Waals surface area contributed by atoms with Crippen molar-refractivity contribution in [2.45, 2.75) is 12.5 Å². The molecule has 2 aromatic carbocycles. The lowest BCUT2D eigenvalue weighted by atomic mass is 10.0. The van der Waals surface area contributed by atoms with Gasteiger partial charge in [-0.15, -0.1) is 0 Å². The van der Waals surface area contributed by atoms with Gasteiger partial charge in [0.25, 0.3) is 0 Å². The zero-order chi connectivity index (χ0) is 13.1. The fourth-order valence-electron chi connectivity index (χ4n) is 1.81. The third kappa shape index (κ3) is 3.15. The molecule has 0 heterocycles. The van der Waals surface area contributed by atoms with E-state index in [1.54, 1.807) is 18.2 Å². The molecule has 0 fully saturated rings. The second-order valence-electron chi connectivity index (χ2n) is 4.02. The number of aliphatic hydroxyl groups is 1. The number of halogens is 3. The van der Waals surface area contributed by atoms with Crippen LogP contribution < -0.4 is 0 Å². The fraction of sp³-hybridized carbons (Fsp3) is 0.143. The SMILES string of the molecule is OC(Cc1cc(F)cc(Br)c1)c1ccccc1F. The van der Waals surface area contributed by atoms with Gasteiger partial charge in [0, 0.05) is 16.5 Å². The van der Waals surface area contributed by atoms with Crippen molar-refractivity contribution in [3.63, 3.8) is 0 Å². The van der Waals surface area contributed by atoms with E-state index in [2.05, 4.69) is 15.9 Å². The van der Waals surface area contributed by atoms with Gasteiger partial charge < -0.3 is 5.11 Å². The molecule has 0 aliphatic heterocycles. The number of aliphatic hydroxyl groups excluding tert-OH is 1. The summed E-state index contributed by atoms with van der Waals surface area (Å²) in [7, 11) is 0. The van der Waals surface area contributed by atoms with E-state index >= 15 is 0 Å². The third-order valence-electron chi connectivity index (χ3n) is 2.62. The largest absolute Gasteiger partial charge is 0.388 e. The van der Waals surface area contributed by atoms with Crippen molar-refractivity contribution in [2.24, 2.45) is 0 Å². The molecule has 0 aromatic heterocycles. The average Bonchev–Trinajstić information content (AvgIpc) is 2.27. The summed E-state index contributed by atoms with van der Waals surface area (Å²) in [4.78, 5) is 0. The molecule has 0 spiro atoms. The van der Waals surface area contributed by atoms with E-state index in [0.29, 0.717) is 10.0 Å². The van der Waals surface area contributed by atoms with Gasteiger partial charge in [0.05, 0.1) is 6.10 Å². The summed E-state index contributed by atoms with van der Waals surface area (Å²) in [5, 5.41) is 9.96. The van der Waals surface area contributed by atoms with Crippen molar-refractivity contribution in [1.29, 1.82) is 0 Å². The summed E-state index contributed by atoms with van der Waals surface area (Å²) in [6, 6.07) is 10.4. The molecule has 0 saturated carbocycles. The fourth-order valence-corrected chi connectivity index (χ4v) is 2.32. The Morgan fingerprint density at radius 2 is 1.83 bits per heavy atom. The summed E-state index contributed by atoms with van der Waals surface area (Å²) in [6.07, 6.45) is -0.822. The topological polar surface area (TPSA) is 20.2 Å². The smallest absolute Gasteiger partial charge is 0.129 e. The molecular weight excluding hydrogens is 302 g/mol. The molecule has 0 amide bonds. The van der Waals surface area contributed by atoms with E-state index in [0.717, 1.165) is 0 Å². The average molecular weight is 313 g/mol. The predicted molar refractivity (Wildman–Crippen MR) is 69.2 cm³/mol. The van der Waals surface area contributed by atoms with Crippen LogP contribution in [-0.2, 0) is 6.42 Å². The Labute approximate surface area is 112 Å². The molecule has 1 N–H and O–H groups in total. The van der Waals surface area contributed by atoms with Crippen molar-refractivity contribution in [1.82, 2.24) is 0 Å². The molecule has 1 unspecified atom stereocenters. The molecule has 2 aromatic rings. The minimum absolute atomic E-state index is 0.164. The zero-order valence-electron chi connectivity index (χ0n) is 9.41. The highest BCUT2D eigenvalue weighted by Gasteiger charge is 2.13. The third-order valence-corrected chi connectivity index (χ3v) is 3.07. The van der Waals surface area contributed by atoms with E-state index in [-0.39, 0.29) is 17.8 Å². The summed E-state index contributed by atoms with van der Waals surface area (Å²) >= 11 is 3.18. The molecule has 1 nitrogen and oxygen atoms in total. The lowest BCUT2D eigenvalue weighted by molar-refractivity contribution is 0.173. The quantitative estimate of drug-likeness (QED) is 0.908. The maximum absolute atomic E-state index is 13.5. The van der Waals surface area contributed by atoms with Gasteiger partial charge in [-0.2, -0.15) is 0 Å². The van der Waals surface area contributed by atoms with Crippen molar-refractivity contribution in [3.8, 4) is 0 Å². The van der Waals surface area contributed by atoms with E-state index in [9.17, 15) is 13.9 Å². The van der Waals surface area contributed by atoms with Gasteiger partial charge >= 0.3 is 0 Å². The Bertz CT molecular complexity index is 537. The lowest BCUT2D eigenvalue weighted by Gasteiger charge is -2.12. The molecule has 0 bridgehead atoms. The van der Waals surface area contributed by atoms with Crippen LogP contribution in [0.2, 0.25) is 0 Å². The van der Waals surface area contributed by atoms with Crippen LogP contribution in [0.25, 0.3) is 0 Å². The second-order valence-corrected chi connectivity index (χ2v) is 4.93. The maximum atomic E-state index is 13.5. The van der Waals surface area contributed by atoms with Crippen molar-refractivity contribution in [3.05, 3.63) is 69.7 Å². The Morgan fingerprint density at radius 1 is 1.11 bits per heavy atom. The Morgan fingerprint density at radius 3 is 2.50 bits per heavy atom. The highest BCUT2D eigenvalue weighted by Crippen LogP contribution is 2.23. The van der Waals surface area contributed by atoms with Crippen LogP contribution in [0.5, 0.6) is 0 Å². The summed E-state index contributed by atoms with van der Waals surface area (Å²) < 4.78 is 27.2. The van der Waals surface area contributed by atoms with Crippen molar-refractivity contribution >= 4 is 15.9 Å². The van der Waals surface area contributed by atoms with Gasteiger partial charge in [-0.05, 0) is 29.8 Å². The highest BCUT2D eigenvalue weighted by atomic mass is 79.9. The number of benzene rings is 2. The summed E-state index contributed by atoms with van der Waals surface area (Å²) in [5.41, 5.74) is 0.829. The monoisotopic (exact) mass is 312 g/mol. The van der Waals surface area contributed by atoms with Gasteiger partial charge in [-0.25, -0.2) is 8.78 Å². The Kier molecular flexibility index (Phi) is 4.09. The zero-order valence-corrected chi connectivity index (χ0v) is 11.0. The van der Waals surface area contributed by atoms with Gasteiger partial charge in [-0.3, -0.25) is 0 Å². The molecule has 2 rings (SSSR count). The van der Waals surface area contributed by atoms with Gasteiger partial charge in [0.15, 0.2) is 0 Å². The summed E-state index contributed by atoms with van der Waals surface area (Å²) in [5.74, 6) is -0.847. The number of hydrogen-bond donors (Lipinski definition) is 1. The van der Waals surface area contributed by atoms with Crippen molar-refractivity contribution < 1.29 is 13.9 Å². The standard InChI is InChI=1S/C14H11BrF2O/c15-10-5-9(6-11(16)8-10)7-14(18)12-3-1-2-4-13(12)17/h1-6,8,14,18H,7H2. The molecular formula is C14H11BrF2O. The van der Waals surface area contributed by atoms with E-state index in [1.807, 2.05) is 0 Å². The minimum atomic E-state index is -0.986. The van der Waals surface area contributed by atoms with E-state index < -0.39 is 11.9 Å². The first-order chi connectivity index (χ1) is 8.56. The molecule has 1 atom stereocenters. The molecule has 18 heavy (non-hydrogen) atoms. The Hall–Kier alpha value is -1.26. The Balaban J connectivity index is 2.21. The molecule has 4 heteroatoms. The van der Waals surface area contributed by atoms with Crippen LogP contribution in [0.1, 0.15) is 17.2 Å². The van der Waals surface area contributed by atoms with E-state index in [1.165, 1.54) is 24.3 Å². The van der Waals surface area contributed by atoms with Crippen LogP contribution in [0.15, 0.2) is 46.9 Å².